The number of rotatable bonds is 7. The molecule has 2 rings (SSSR count). The largest absolute Gasteiger partial charge is 0.493 e. The number of carbonyl (C=O) groups excluding carboxylic acids is 2. The summed E-state index contributed by atoms with van der Waals surface area (Å²) in [6.45, 7) is 0. The van der Waals surface area contributed by atoms with Crippen LogP contribution in [0.15, 0.2) is 36.4 Å². The fourth-order valence-corrected chi connectivity index (χ4v) is 2.37. The highest BCUT2D eigenvalue weighted by molar-refractivity contribution is 6.30. The van der Waals surface area contributed by atoms with Crippen molar-refractivity contribution in [3.05, 3.63) is 41.4 Å². The molecule has 0 aliphatic heterocycles. The molecule has 7 nitrogen and oxygen atoms in total. The zero-order valence-corrected chi connectivity index (χ0v) is 15.3. The maximum atomic E-state index is 12.1. The summed E-state index contributed by atoms with van der Waals surface area (Å²) >= 11 is 5.79. The molecule has 0 atom stereocenters. The van der Waals surface area contributed by atoms with E-state index in [1.54, 1.807) is 36.4 Å². The monoisotopic (exact) mass is 378 g/mol. The van der Waals surface area contributed by atoms with Gasteiger partial charge in [-0.3, -0.25) is 9.59 Å². The normalized spacial score (nSPS) is 10.0. The van der Waals surface area contributed by atoms with Gasteiger partial charge in [-0.15, -0.1) is 0 Å². The first-order valence-corrected chi connectivity index (χ1v) is 8.00. The Morgan fingerprint density at radius 2 is 1.35 bits per heavy atom. The van der Waals surface area contributed by atoms with Crippen molar-refractivity contribution in [3.63, 3.8) is 0 Å². The number of methoxy groups -OCH3 is 3. The first-order valence-electron chi connectivity index (χ1n) is 7.62. The van der Waals surface area contributed by atoms with E-state index in [0.29, 0.717) is 33.6 Å². The third kappa shape index (κ3) is 5.03. The van der Waals surface area contributed by atoms with Crippen molar-refractivity contribution in [2.45, 2.75) is 6.42 Å². The Morgan fingerprint density at radius 1 is 0.846 bits per heavy atom. The summed E-state index contributed by atoms with van der Waals surface area (Å²) in [5.74, 6) is 0.275. The number of hydrogen-bond donors (Lipinski definition) is 2. The van der Waals surface area contributed by atoms with Gasteiger partial charge < -0.3 is 24.8 Å². The van der Waals surface area contributed by atoms with Crippen LogP contribution in [0.2, 0.25) is 5.02 Å². The van der Waals surface area contributed by atoms with E-state index in [2.05, 4.69) is 10.6 Å². The second-order valence-corrected chi connectivity index (χ2v) is 5.63. The molecule has 2 aromatic carbocycles. The minimum absolute atomic E-state index is 0.348. The van der Waals surface area contributed by atoms with Crippen molar-refractivity contribution in [2.75, 3.05) is 32.0 Å². The minimum Gasteiger partial charge on any atom is -0.493 e. The molecule has 0 saturated heterocycles. The summed E-state index contributed by atoms with van der Waals surface area (Å²) in [6.07, 6.45) is -0.348. The van der Waals surface area contributed by atoms with Gasteiger partial charge in [0.15, 0.2) is 11.5 Å². The SMILES string of the molecule is COc1cc(NC(=O)CC(=O)Nc2ccc(Cl)cc2)cc(OC)c1OC. The number of nitrogens with one attached hydrogen (secondary N) is 2. The quantitative estimate of drug-likeness (QED) is 0.722. The van der Waals surface area contributed by atoms with Crippen molar-refractivity contribution in [1.82, 2.24) is 0 Å². The van der Waals surface area contributed by atoms with Crippen LogP contribution in [0, 0.1) is 0 Å². The lowest BCUT2D eigenvalue weighted by molar-refractivity contribution is -0.123. The second kappa shape index (κ2) is 8.96. The Hall–Kier alpha value is -2.93. The molecule has 0 fully saturated rings. The molecule has 0 unspecified atom stereocenters. The third-order valence-electron chi connectivity index (χ3n) is 3.40. The summed E-state index contributed by atoms with van der Waals surface area (Å²) in [4.78, 5) is 24.1. The molecular weight excluding hydrogens is 360 g/mol. The third-order valence-corrected chi connectivity index (χ3v) is 3.65. The Morgan fingerprint density at radius 3 is 1.81 bits per heavy atom. The number of amides is 2. The molecule has 0 aromatic heterocycles. The summed E-state index contributed by atoms with van der Waals surface area (Å²) in [5, 5.41) is 5.81. The Bertz CT molecular complexity index is 768. The highest BCUT2D eigenvalue weighted by Gasteiger charge is 2.16. The summed E-state index contributed by atoms with van der Waals surface area (Å²) in [5.41, 5.74) is 0.976. The molecule has 2 amide bonds. The van der Waals surface area contributed by atoms with E-state index in [0.717, 1.165) is 0 Å². The maximum Gasteiger partial charge on any atom is 0.233 e. The molecule has 0 saturated carbocycles. The molecule has 26 heavy (non-hydrogen) atoms. The number of ether oxygens (including phenoxy) is 3. The molecule has 0 aliphatic carbocycles. The molecule has 8 heteroatoms. The van der Waals surface area contributed by atoms with Gasteiger partial charge >= 0.3 is 0 Å². The van der Waals surface area contributed by atoms with E-state index in [-0.39, 0.29) is 6.42 Å². The predicted molar refractivity (Wildman–Crippen MR) is 99.4 cm³/mol. The van der Waals surface area contributed by atoms with Crippen molar-refractivity contribution < 1.29 is 23.8 Å². The molecule has 138 valence electrons. The summed E-state index contributed by atoms with van der Waals surface area (Å²) in [6, 6.07) is 9.75. The van der Waals surface area contributed by atoms with Gasteiger partial charge in [-0.1, -0.05) is 11.6 Å². The highest BCUT2D eigenvalue weighted by Crippen LogP contribution is 2.39. The molecule has 0 aliphatic rings. The van der Waals surface area contributed by atoms with Gasteiger partial charge in [0, 0.05) is 28.5 Å². The second-order valence-electron chi connectivity index (χ2n) is 5.19. The van der Waals surface area contributed by atoms with Crippen LogP contribution >= 0.6 is 11.6 Å². The molecule has 2 N–H and O–H groups in total. The van der Waals surface area contributed by atoms with Gasteiger partial charge in [-0.2, -0.15) is 0 Å². The lowest BCUT2D eigenvalue weighted by atomic mass is 10.2. The lowest BCUT2D eigenvalue weighted by Crippen LogP contribution is -2.21. The molecular formula is C18H19ClN2O5. The molecule has 0 heterocycles. The van der Waals surface area contributed by atoms with Crippen LogP contribution in [-0.4, -0.2) is 33.1 Å². The van der Waals surface area contributed by atoms with Crippen LogP contribution in [0.1, 0.15) is 6.42 Å². The fourth-order valence-electron chi connectivity index (χ4n) is 2.24. The van der Waals surface area contributed by atoms with Gasteiger partial charge in [-0.25, -0.2) is 0 Å². The van der Waals surface area contributed by atoms with Gasteiger partial charge in [-0.05, 0) is 24.3 Å². The zero-order chi connectivity index (χ0) is 19.1. The van der Waals surface area contributed by atoms with E-state index in [1.165, 1.54) is 21.3 Å². The summed E-state index contributed by atoms with van der Waals surface area (Å²) < 4.78 is 15.7. The number of carbonyl (C=O) groups is 2. The first-order chi connectivity index (χ1) is 12.5. The number of halogens is 1. The van der Waals surface area contributed by atoms with Crippen LogP contribution in [-0.2, 0) is 9.59 Å². The first kappa shape index (κ1) is 19.4. The number of benzene rings is 2. The smallest absolute Gasteiger partial charge is 0.233 e. The average Bonchev–Trinajstić information content (AvgIpc) is 2.62. The minimum atomic E-state index is -0.481. The zero-order valence-electron chi connectivity index (χ0n) is 14.6. The van der Waals surface area contributed by atoms with E-state index < -0.39 is 11.8 Å². The Balaban J connectivity index is 2.02. The van der Waals surface area contributed by atoms with E-state index in [1.807, 2.05) is 0 Å². The van der Waals surface area contributed by atoms with E-state index in [9.17, 15) is 9.59 Å². The predicted octanol–water partition coefficient (Wildman–Crippen LogP) is 3.33. The molecule has 0 radical (unpaired) electrons. The van der Waals surface area contributed by atoms with Crippen LogP contribution in [0.5, 0.6) is 17.2 Å². The molecule has 0 bridgehead atoms. The van der Waals surface area contributed by atoms with Gasteiger partial charge in [0.05, 0.1) is 21.3 Å². The lowest BCUT2D eigenvalue weighted by Gasteiger charge is -2.14. The fraction of sp³-hybridized carbons (Fsp3) is 0.222. The van der Waals surface area contributed by atoms with Gasteiger partial charge in [0.25, 0.3) is 0 Å². The number of hydrogen-bond acceptors (Lipinski definition) is 5. The number of anilines is 2. The standard InChI is InChI=1S/C18H19ClN2O5/c1-24-14-8-13(9-15(25-2)18(14)26-3)21-17(23)10-16(22)20-12-6-4-11(19)5-7-12/h4-9H,10H2,1-3H3,(H,20,22)(H,21,23). The highest BCUT2D eigenvalue weighted by atomic mass is 35.5. The molecule has 2 aromatic rings. The average molecular weight is 379 g/mol. The van der Waals surface area contributed by atoms with Crippen LogP contribution in [0.4, 0.5) is 11.4 Å². The van der Waals surface area contributed by atoms with Crippen LogP contribution in [0.25, 0.3) is 0 Å². The van der Waals surface area contributed by atoms with E-state index in [4.69, 9.17) is 25.8 Å². The van der Waals surface area contributed by atoms with Crippen LogP contribution < -0.4 is 24.8 Å². The van der Waals surface area contributed by atoms with Crippen molar-refractivity contribution in [1.29, 1.82) is 0 Å². The van der Waals surface area contributed by atoms with Crippen LogP contribution in [0.3, 0.4) is 0 Å². The van der Waals surface area contributed by atoms with Crippen molar-refractivity contribution >= 4 is 34.8 Å². The Kier molecular flexibility index (Phi) is 6.68. The topological polar surface area (TPSA) is 85.9 Å². The summed E-state index contributed by atoms with van der Waals surface area (Å²) in [7, 11) is 4.44. The van der Waals surface area contributed by atoms with Gasteiger partial charge in [0.1, 0.15) is 6.42 Å². The Labute approximate surface area is 156 Å². The van der Waals surface area contributed by atoms with Gasteiger partial charge in [0.2, 0.25) is 17.6 Å². The van der Waals surface area contributed by atoms with Crippen molar-refractivity contribution in [3.8, 4) is 17.2 Å². The van der Waals surface area contributed by atoms with E-state index >= 15 is 0 Å². The van der Waals surface area contributed by atoms with Crippen molar-refractivity contribution in [2.24, 2.45) is 0 Å². The molecule has 0 spiro atoms. The maximum absolute atomic E-state index is 12.1.